The van der Waals surface area contributed by atoms with Crippen molar-refractivity contribution in [1.29, 1.82) is 0 Å². The molecule has 0 fully saturated rings. The van der Waals surface area contributed by atoms with Gasteiger partial charge in [-0.1, -0.05) is 41.2 Å². The van der Waals surface area contributed by atoms with Crippen molar-refractivity contribution < 1.29 is 9.21 Å². The molecule has 0 amide bonds. The lowest BCUT2D eigenvalue weighted by Gasteiger charge is -2.08. The van der Waals surface area contributed by atoms with Crippen LogP contribution in [-0.2, 0) is 11.2 Å². The zero-order chi connectivity index (χ0) is 18.7. The summed E-state index contributed by atoms with van der Waals surface area (Å²) in [6, 6.07) is 0. The van der Waals surface area contributed by atoms with Crippen LogP contribution in [0.3, 0.4) is 0 Å². The first-order valence-corrected chi connectivity index (χ1v) is 8.76. The van der Waals surface area contributed by atoms with Crippen molar-refractivity contribution in [3.8, 4) is 0 Å². The molecular weight excluding hydrogens is 322 g/mol. The average Bonchev–Trinajstić information content (AvgIpc) is 3.19. The molecule has 5 nitrogen and oxygen atoms in total. The van der Waals surface area contributed by atoms with Crippen molar-refractivity contribution >= 4 is 23.3 Å². The highest BCUT2D eigenvalue weighted by molar-refractivity contribution is 7.15. The third-order valence-corrected chi connectivity index (χ3v) is 3.86. The number of allylic oxidation sites excluding steroid dienone is 1. The first-order chi connectivity index (χ1) is 11.3. The lowest BCUT2D eigenvalue weighted by molar-refractivity contribution is -0.0979. The summed E-state index contributed by atoms with van der Waals surface area (Å²) in [5.41, 5.74) is 1.02. The molecule has 0 atom stereocenters. The molecule has 0 saturated carbocycles. The third kappa shape index (κ3) is 8.06. The monoisotopic (exact) mass is 351 g/mol. The summed E-state index contributed by atoms with van der Waals surface area (Å²) in [4.78, 5) is 17.5. The Morgan fingerprint density at radius 3 is 2.21 bits per heavy atom. The molecule has 0 unspecified atom stereocenters. The lowest BCUT2D eigenvalue weighted by Crippen LogP contribution is -2.03. The van der Waals surface area contributed by atoms with Crippen LogP contribution in [0, 0.1) is 12.8 Å². The van der Waals surface area contributed by atoms with Crippen molar-refractivity contribution in [3.63, 3.8) is 0 Å². The van der Waals surface area contributed by atoms with Gasteiger partial charge < -0.3 is 14.5 Å². The number of rotatable bonds is 5. The number of hydrogen-bond donors (Lipinski definition) is 1. The van der Waals surface area contributed by atoms with Crippen molar-refractivity contribution in [2.75, 3.05) is 5.32 Å². The van der Waals surface area contributed by atoms with Gasteiger partial charge >= 0.3 is 0 Å². The molecule has 0 aromatic carbocycles. The van der Waals surface area contributed by atoms with Gasteiger partial charge in [-0.05, 0) is 12.8 Å². The summed E-state index contributed by atoms with van der Waals surface area (Å²) in [7, 11) is 0. The number of anilines is 1. The number of carbonyl (C=O) groups excluding carboxylic acids is 1. The van der Waals surface area contributed by atoms with E-state index < -0.39 is 0 Å². The zero-order valence-corrected chi connectivity index (χ0v) is 16.4. The van der Waals surface area contributed by atoms with Crippen molar-refractivity contribution in [1.82, 2.24) is 9.97 Å². The number of nitrogens with one attached hydrogen (secondary N) is 1. The van der Waals surface area contributed by atoms with Gasteiger partial charge in [0, 0.05) is 29.1 Å². The topological polar surface area (TPSA) is 68.0 Å². The first-order valence-electron chi connectivity index (χ1n) is 7.95. The SMILES string of the molecule is C=C(Nc1ncc(C)s1)C(C)C.C=O.CCc1ncc(C(C)C)o1. The van der Waals surface area contributed by atoms with Gasteiger partial charge in [-0.25, -0.2) is 9.97 Å². The second kappa shape index (κ2) is 11.6. The fraction of sp³-hybridized carbons (Fsp3) is 0.500. The van der Waals surface area contributed by atoms with E-state index in [0.29, 0.717) is 11.8 Å². The molecule has 24 heavy (non-hydrogen) atoms. The maximum Gasteiger partial charge on any atom is 0.194 e. The Labute approximate surface area is 149 Å². The van der Waals surface area contributed by atoms with Crippen molar-refractivity contribution in [3.05, 3.63) is 41.2 Å². The molecule has 2 rings (SSSR count). The number of oxazole rings is 1. The first kappa shape index (κ1) is 22.1. The van der Waals surface area contributed by atoms with Crippen molar-refractivity contribution in [2.45, 2.75) is 53.9 Å². The fourth-order valence-electron chi connectivity index (χ4n) is 1.45. The molecule has 0 aliphatic carbocycles. The number of aromatic nitrogens is 2. The Bertz CT molecular complexity index is 603. The minimum atomic E-state index is 0.452. The highest BCUT2D eigenvalue weighted by atomic mass is 32.1. The van der Waals surface area contributed by atoms with Gasteiger partial charge in [-0.2, -0.15) is 0 Å². The standard InChI is InChI=1S/C9H14N2S.C8H13NO.CH2O/c1-6(2)8(4)11-9-10-5-7(3)12-9;1-4-8-9-5-7(10-8)6(2)3;1-2/h5-6H,4H2,1-3H3,(H,10,11);5-6H,4H2,1-3H3;1H2. The normalized spacial score (nSPS) is 9.83. The van der Waals surface area contributed by atoms with Crippen LogP contribution in [0.25, 0.3) is 0 Å². The molecule has 2 aromatic rings. The molecule has 0 spiro atoms. The summed E-state index contributed by atoms with van der Waals surface area (Å²) in [5, 5.41) is 4.11. The molecule has 2 heterocycles. The quantitative estimate of drug-likeness (QED) is 0.801. The zero-order valence-electron chi connectivity index (χ0n) is 15.5. The van der Waals surface area contributed by atoms with Crippen LogP contribution in [0.2, 0.25) is 0 Å². The maximum atomic E-state index is 8.00. The number of aryl methyl sites for hydroxylation is 2. The van der Waals surface area contributed by atoms with E-state index in [2.05, 4.69) is 49.6 Å². The molecule has 0 aliphatic heterocycles. The minimum absolute atomic E-state index is 0.452. The Balaban J connectivity index is 0.000000405. The van der Waals surface area contributed by atoms with E-state index in [0.717, 1.165) is 28.9 Å². The Kier molecular flexibility index (Phi) is 10.6. The van der Waals surface area contributed by atoms with Crippen LogP contribution < -0.4 is 5.32 Å². The summed E-state index contributed by atoms with van der Waals surface area (Å²) < 4.78 is 5.38. The molecule has 0 aliphatic rings. The molecule has 0 bridgehead atoms. The summed E-state index contributed by atoms with van der Waals surface area (Å²) in [6.45, 7) is 18.4. The highest BCUT2D eigenvalue weighted by Crippen LogP contribution is 2.20. The van der Waals surface area contributed by atoms with Gasteiger partial charge in [0.05, 0.1) is 6.20 Å². The second-order valence-electron chi connectivity index (χ2n) is 5.75. The van der Waals surface area contributed by atoms with Crippen LogP contribution in [0.15, 0.2) is 29.1 Å². The van der Waals surface area contributed by atoms with Crippen LogP contribution in [0.4, 0.5) is 5.13 Å². The van der Waals surface area contributed by atoms with Crippen molar-refractivity contribution in [2.24, 2.45) is 5.92 Å². The van der Waals surface area contributed by atoms with Gasteiger partial charge in [0.25, 0.3) is 0 Å². The Morgan fingerprint density at radius 2 is 1.88 bits per heavy atom. The lowest BCUT2D eigenvalue weighted by atomic mass is 10.2. The van der Waals surface area contributed by atoms with Gasteiger partial charge in [0.1, 0.15) is 12.5 Å². The molecule has 134 valence electrons. The van der Waals surface area contributed by atoms with Gasteiger partial charge in [0.15, 0.2) is 11.0 Å². The number of carbonyl (C=O) groups is 1. The van der Waals surface area contributed by atoms with Crippen LogP contribution >= 0.6 is 11.3 Å². The largest absolute Gasteiger partial charge is 0.445 e. The maximum absolute atomic E-state index is 8.00. The van der Waals surface area contributed by atoms with Gasteiger partial charge in [-0.3, -0.25) is 0 Å². The number of nitrogens with zero attached hydrogens (tertiary/aromatic N) is 2. The van der Waals surface area contributed by atoms with E-state index in [4.69, 9.17) is 9.21 Å². The van der Waals surface area contributed by atoms with E-state index in [1.807, 2.05) is 33.0 Å². The van der Waals surface area contributed by atoms with Gasteiger partial charge in [0.2, 0.25) is 0 Å². The molecule has 2 aromatic heterocycles. The highest BCUT2D eigenvalue weighted by Gasteiger charge is 2.04. The number of thiazole rings is 1. The predicted octanol–water partition coefficient (Wildman–Crippen LogP) is 5.21. The fourth-order valence-corrected chi connectivity index (χ4v) is 2.15. The van der Waals surface area contributed by atoms with Crippen LogP contribution in [0.1, 0.15) is 57.1 Å². The second-order valence-corrected chi connectivity index (χ2v) is 6.98. The summed E-state index contributed by atoms with van der Waals surface area (Å²) in [5.74, 6) is 2.72. The van der Waals surface area contributed by atoms with Crippen LogP contribution in [0.5, 0.6) is 0 Å². The van der Waals surface area contributed by atoms with Gasteiger partial charge in [-0.15, -0.1) is 11.3 Å². The minimum Gasteiger partial charge on any atom is -0.445 e. The third-order valence-electron chi connectivity index (χ3n) is 3.03. The van der Waals surface area contributed by atoms with E-state index in [1.165, 1.54) is 4.88 Å². The van der Waals surface area contributed by atoms with Crippen LogP contribution in [-0.4, -0.2) is 16.8 Å². The summed E-state index contributed by atoms with van der Waals surface area (Å²) >= 11 is 1.65. The molecule has 0 saturated heterocycles. The molecule has 1 N–H and O–H groups in total. The molecule has 6 heteroatoms. The summed E-state index contributed by atoms with van der Waals surface area (Å²) in [6.07, 6.45) is 4.55. The number of hydrogen-bond acceptors (Lipinski definition) is 6. The average molecular weight is 352 g/mol. The molecule has 0 radical (unpaired) electrons. The van der Waals surface area contributed by atoms with E-state index >= 15 is 0 Å². The predicted molar refractivity (Wildman–Crippen MR) is 102 cm³/mol. The smallest absolute Gasteiger partial charge is 0.194 e. The van der Waals surface area contributed by atoms with E-state index in [-0.39, 0.29) is 0 Å². The Hall–Kier alpha value is -1.95. The molecular formula is C18H29N3O2S. The van der Waals surface area contributed by atoms with E-state index in [9.17, 15) is 0 Å². The van der Waals surface area contributed by atoms with E-state index in [1.54, 1.807) is 11.3 Å². The Morgan fingerprint density at radius 1 is 1.25 bits per heavy atom.